The Balaban J connectivity index is 1.47. The van der Waals surface area contributed by atoms with E-state index in [1.54, 1.807) is 27.4 Å². The summed E-state index contributed by atoms with van der Waals surface area (Å²) < 4.78 is 1.77. The van der Waals surface area contributed by atoms with Crippen molar-refractivity contribution in [1.29, 1.82) is 0 Å². The third-order valence-electron chi connectivity index (χ3n) is 5.05. The van der Waals surface area contributed by atoms with Crippen molar-refractivity contribution >= 4 is 28.6 Å². The van der Waals surface area contributed by atoms with Crippen molar-refractivity contribution in [2.24, 2.45) is 0 Å². The zero-order valence-electron chi connectivity index (χ0n) is 15.6. The van der Waals surface area contributed by atoms with E-state index < -0.39 is 0 Å². The van der Waals surface area contributed by atoms with Gasteiger partial charge in [-0.15, -0.1) is 27.8 Å². The maximum atomic E-state index is 13.3. The Bertz CT molecular complexity index is 1090. The van der Waals surface area contributed by atoms with Crippen LogP contribution >= 0.6 is 22.7 Å². The fraction of sp³-hybridized carbons (Fsp3) is 0.238. The standard InChI is InChI=1S/C21H19N5OS2/c27-21(25-11-4-6-15(14-25)20-22-10-13-29-20)18-23-19(17-9-5-12-28-17)26(24-18)16-7-2-1-3-8-16/h1-3,5,7-10,12-13,15H,4,6,11,14H2. The molecule has 0 aliphatic carbocycles. The summed E-state index contributed by atoms with van der Waals surface area (Å²) in [7, 11) is 0. The molecule has 4 heterocycles. The van der Waals surface area contributed by atoms with Crippen LogP contribution in [0.15, 0.2) is 59.4 Å². The van der Waals surface area contributed by atoms with Gasteiger partial charge in [0.1, 0.15) is 0 Å². The number of para-hydroxylation sites is 1. The van der Waals surface area contributed by atoms with Crippen LogP contribution in [0.2, 0.25) is 0 Å². The molecule has 0 N–H and O–H groups in total. The Morgan fingerprint density at radius 2 is 1.97 bits per heavy atom. The lowest BCUT2D eigenvalue weighted by Crippen LogP contribution is -2.39. The number of carbonyl (C=O) groups is 1. The zero-order chi connectivity index (χ0) is 19.6. The molecule has 29 heavy (non-hydrogen) atoms. The summed E-state index contributed by atoms with van der Waals surface area (Å²) in [5.41, 5.74) is 0.891. The Kier molecular flexibility index (Phi) is 4.95. The Morgan fingerprint density at radius 3 is 2.72 bits per heavy atom. The van der Waals surface area contributed by atoms with Gasteiger partial charge in [0.15, 0.2) is 5.82 Å². The predicted molar refractivity (Wildman–Crippen MR) is 115 cm³/mol. The van der Waals surface area contributed by atoms with Crippen LogP contribution in [0, 0.1) is 0 Å². The van der Waals surface area contributed by atoms with E-state index in [4.69, 9.17) is 0 Å². The zero-order valence-corrected chi connectivity index (χ0v) is 17.3. The molecule has 4 aromatic rings. The first kappa shape index (κ1) is 18.2. The van der Waals surface area contributed by atoms with E-state index in [0.717, 1.165) is 35.0 Å². The molecule has 6 nitrogen and oxygen atoms in total. The Hall–Kier alpha value is -2.84. The van der Waals surface area contributed by atoms with Crippen molar-refractivity contribution in [3.05, 3.63) is 70.3 Å². The first-order valence-electron chi connectivity index (χ1n) is 9.54. The number of benzene rings is 1. The number of carbonyl (C=O) groups excluding carboxylic acids is 1. The molecule has 0 spiro atoms. The summed E-state index contributed by atoms with van der Waals surface area (Å²) >= 11 is 3.25. The first-order chi connectivity index (χ1) is 14.3. The normalized spacial score (nSPS) is 16.8. The molecule has 1 aliphatic heterocycles. The van der Waals surface area contributed by atoms with E-state index in [1.807, 2.05) is 64.3 Å². The number of aromatic nitrogens is 4. The molecular weight excluding hydrogens is 402 g/mol. The predicted octanol–water partition coefficient (Wildman–Crippen LogP) is 4.47. The molecule has 1 saturated heterocycles. The van der Waals surface area contributed by atoms with E-state index in [0.29, 0.717) is 18.3 Å². The van der Waals surface area contributed by atoms with Gasteiger partial charge in [-0.05, 0) is 36.4 Å². The molecule has 1 aromatic carbocycles. The number of rotatable bonds is 4. The highest BCUT2D eigenvalue weighted by molar-refractivity contribution is 7.13. The van der Waals surface area contributed by atoms with Gasteiger partial charge in [-0.25, -0.2) is 14.6 Å². The van der Waals surface area contributed by atoms with Crippen molar-refractivity contribution in [1.82, 2.24) is 24.6 Å². The fourth-order valence-electron chi connectivity index (χ4n) is 3.66. The van der Waals surface area contributed by atoms with Gasteiger partial charge in [-0.3, -0.25) is 4.79 Å². The molecule has 1 amide bonds. The number of amides is 1. The van der Waals surface area contributed by atoms with Crippen LogP contribution in [-0.2, 0) is 0 Å². The molecule has 5 rings (SSSR count). The average Bonchev–Trinajstić information content (AvgIpc) is 3.55. The van der Waals surface area contributed by atoms with Crippen LogP contribution in [0.1, 0.15) is 34.4 Å². The lowest BCUT2D eigenvalue weighted by molar-refractivity contribution is 0.0694. The Morgan fingerprint density at radius 1 is 1.07 bits per heavy atom. The summed E-state index contributed by atoms with van der Waals surface area (Å²) in [5, 5.41) is 9.71. The maximum Gasteiger partial charge on any atom is 0.293 e. The van der Waals surface area contributed by atoms with Gasteiger partial charge in [-0.1, -0.05) is 24.3 Å². The molecule has 0 saturated carbocycles. The van der Waals surface area contributed by atoms with Crippen LogP contribution < -0.4 is 0 Å². The summed E-state index contributed by atoms with van der Waals surface area (Å²) in [6, 6.07) is 13.8. The van der Waals surface area contributed by atoms with Gasteiger partial charge in [0.2, 0.25) is 5.82 Å². The highest BCUT2D eigenvalue weighted by Crippen LogP contribution is 2.30. The van der Waals surface area contributed by atoms with Crippen molar-refractivity contribution in [3.63, 3.8) is 0 Å². The van der Waals surface area contributed by atoms with E-state index in [-0.39, 0.29) is 11.7 Å². The largest absolute Gasteiger partial charge is 0.335 e. The smallest absolute Gasteiger partial charge is 0.293 e. The van der Waals surface area contributed by atoms with Gasteiger partial charge in [-0.2, -0.15) is 0 Å². The summed E-state index contributed by atoms with van der Waals surface area (Å²) in [6.07, 6.45) is 3.86. The highest BCUT2D eigenvalue weighted by Gasteiger charge is 2.30. The van der Waals surface area contributed by atoms with Crippen molar-refractivity contribution in [3.8, 4) is 16.4 Å². The van der Waals surface area contributed by atoms with Gasteiger partial charge >= 0.3 is 0 Å². The molecule has 0 bridgehead atoms. The quantitative estimate of drug-likeness (QED) is 0.488. The summed E-state index contributed by atoms with van der Waals surface area (Å²) in [5.74, 6) is 1.12. The van der Waals surface area contributed by atoms with Crippen LogP contribution in [0.3, 0.4) is 0 Å². The lowest BCUT2D eigenvalue weighted by atomic mass is 9.98. The van der Waals surface area contributed by atoms with Crippen LogP contribution in [0.5, 0.6) is 0 Å². The second-order valence-corrected chi connectivity index (χ2v) is 8.82. The number of thiophene rings is 1. The van der Waals surface area contributed by atoms with Crippen molar-refractivity contribution in [2.75, 3.05) is 13.1 Å². The molecule has 0 radical (unpaired) electrons. The number of likely N-dealkylation sites (tertiary alicyclic amines) is 1. The van der Waals surface area contributed by atoms with Gasteiger partial charge in [0.05, 0.1) is 15.6 Å². The monoisotopic (exact) mass is 421 g/mol. The third kappa shape index (κ3) is 3.61. The van der Waals surface area contributed by atoms with Gasteiger partial charge < -0.3 is 4.90 Å². The fourth-order valence-corrected chi connectivity index (χ4v) is 5.12. The second-order valence-electron chi connectivity index (χ2n) is 6.94. The molecule has 1 atom stereocenters. The average molecular weight is 422 g/mol. The van der Waals surface area contributed by atoms with Crippen molar-refractivity contribution < 1.29 is 4.79 Å². The van der Waals surface area contributed by atoms with E-state index >= 15 is 0 Å². The number of hydrogen-bond acceptors (Lipinski definition) is 6. The minimum Gasteiger partial charge on any atom is -0.335 e. The van der Waals surface area contributed by atoms with Gasteiger partial charge in [0.25, 0.3) is 5.91 Å². The third-order valence-corrected chi connectivity index (χ3v) is 6.85. The number of piperidine rings is 1. The molecule has 146 valence electrons. The van der Waals surface area contributed by atoms with Crippen LogP contribution in [0.25, 0.3) is 16.4 Å². The second kappa shape index (κ2) is 7.88. The van der Waals surface area contributed by atoms with Crippen LogP contribution in [0.4, 0.5) is 0 Å². The van der Waals surface area contributed by atoms with E-state index in [1.165, 1.54) is 0 Å². The molecule has 1 fully saturated rings. The van der Waals surface area contributed by atoms with E-state index in [9.17, 15) is 4.79 Å². The minimum absolute atomic E-state index is 0.112. The summed E-state index contributed by atoms with van der Waals surface area (Å²) in [4.78, 5) is 25.2. The SMILES string of the molecule is O=C(c1nc(-c2cccs2)n(-c2ccccc2)n1)N1CCCC(c2nccs2)C1. The van der Waals surface area contributed by atoms with E-state index in [2.05, 4.69) is 15.1 Å². The number of thiazole rings is 1. The van der Waals surface area contributed by atoms with Crippen LogP contribution in [-0.4, -0.2) is 43.6 Å². The highest BCUT2D eigenvalue weighted by atomic mass is 32.1. The molecule has 8 heteroatoms. The molecular formula is C21H19N5OS2. The molecule has 1 unspecified atom stereocenters. The minimum atomic E-state index is -0.112. The summed E-state index contributed by atoms with van der Waals surface area (Å²) in [6.45, 7) is 1.40. The van der Waals surface area contributed by atoms with Crippen molar-refractivity contribution in [2.45, 2.75) is 18.8 Å². The first-order valence-corrected chi connectivity index (χ1v) is 11.3. The number of hydrogen-bond donors (Lipinski definition) is 0. The molecule has 1 aliphatic rings. The van der Waals surface area contributed by atoms with Gasteiger partial charge in [0, 0.05) is 30.6 Å². The Labute approximate surface area is 176 Å². The number of nitrogens with zero attached hydrogens (tertiary/aromatic N) is 5. The lowest BCUT2D eigenvalue weighted by Gasteiger charge is -2.31. The topological polar surface area (TPSA) is 63.9 Å². The molecule has 3 aromatic heterocycles. The maximum absolute atomic E-state index is 13.3.